The van der Waals surface area contributed by atoms with Gasteiger partial charge in [0.15, 0.2) is 0 Å². The highest BCUT2D eigenvalue weighted by atomic mass is 16.5. The van der Waals surface area contributed by atoms with Gasteiger partial charge in [-0.2, -0.15) is 0 Å². The van der Waals surface area contributed by atoms with Crippen LogP contribution in [-0.4, -0.2) is 78.2 Å². The molecule has 2 aliphatic heterocycles. The van der Waals surface area contributed by atoms with E-state index in [0.717, 1.165) is 69.6 Å². The van der Waals surface area contributed by atoms with Gasteiger partial charge < -0.3 is 24.5 Å². The van der Waals surface area contributed by atoms with Crippen LogP contribution in [0.5, 0.6) is 5.75 Å². The van der Waals surface area contributed by atoms with E-state index in [1.54, 1.807) is 0 Å². The van der Waals surface area contributed by atoms with Crippen LogP contribution in [0.2, 0.25) is 0 Å². The lowest BCUT2D eigenvalue weighted by Crippen LogP contribution is -2.50. The number of nitrogens with zero attached hydrogens (tertiary/aromatic N) is 3. The van der Waals surface area contributed by atoms with E-state index in [2.05, 4.69) is 24.8 Å². The van der Waals surface area contributed by atoms with Crippen LogP contribution in [-0.2, 0) is 11.2 Å². The third-order valence-corrected chi connectivity index (χ3v) is 7.91. The average molecular weight is 522 g/mol. The molecule has 2 heterocycles. The van der Waals surface area contributed by atoms with Gasteiger partial charge >= 0.3 is 0 Å². The molecular formula is C31H43N3O4. The van der Waals surface area contributed by atoms with Gasteiger partial charge in [0, 0.05) is 43.3 Å². The van der Waals surface area contributed by atoms with Crippen LogP contribution in [0.15, 0.2) is 48.5 Å². The maximum Gasteiger partial charge on any atom is 0.253 e. The van der Waals surface area contributed by atoms with Crippen LogP contribution >= 0.6 is 0 Å². The average Bonchev–Trinajstić information content (AvgIpc) is 2.96. The van der Waals surface area contributed by atoms with Crippen LogP contribution in [0.3, 0.4) is 0 Å². The molecule has 1 atom stereocenters. The Morgan fingerprint density at radius 2 is 1.74 bits per heavy atom. The minimum Gasteiger partial charge on any atom is -0.494 e. The van der Waals surface area contributed by atoms with Gasteiger partial charge in [0.2, 0.25) is 5.91 Å². The van der Waals surface area contributed by atoms with E-state index >= 15 is 0 Å². The molecule has 0 saturated carbocycles. The van der Waals surface area contributed by atoms with Gasteiger partial charge in [-0.1, -0.05) is 32.0 Å². The van der Waals surface area contributed by atoms with Crippen molar-refractivity contribution in [2.24, 2.45) is 0 Å². The van der Waals surface area contributed by atoms with Crippen molar-refractivity contribution < 1.29 is 19.4 Å². The van der Waals surface area contributed by atoms with E-state index in [1.165, 1.54) is 5.56 Å². The third-order valence-electron chi connectivity index (χ3n) is 7.91. The summed E-state index contributed by atoms with van der Waals surface area (Å²) < 4.78 is 5.86. The summed E-state index contributed by atoms with van der Waals surface area (Å²) in [6.45, 7) is 8.77. The van der Waals surface area contributed by atoms with Crippen molar-refractivity contribution in [3.8, 4) is 5.75 Å². The Morgan fingerprint density at radius 3 is 2.45 bits per heavy atom. The topological polar surface area (TPSA) is 73.3 Å². The number of piperidine rings is 1. The van der Waals surface area contributed by atoms with Crippen molar-refractivity contribution in [3.05, 3.63) is 59.7 Å². The molecule has 0 aliphatic carbocycles. The molecule has 206 valence electrons. The fourth-order valence-corrected chi connectivity index (χ4v) is 5.60. The molecule has 0 spiro atoms. The highest BCUT2D eigenvalue weighted by molar-refractivity contribution is 5.97. The van der Waals surface area contributed by atoms with E-state index in [0.29, 0.717) is 31.7 Å². The normalized spacial score (nSPS) is 17.0. The van der Waals surface area contributed by atoms with Gasteiger partial charge in [0.05, 0.1) is 12.7 Å². The molecule has 2 aromatic carbocycles. The van der Waals surface area contributed by atoms with E-state index in [4.69, 9.17) is 4.74 Å². The Kier molecular flexibility index (Phi) is 10.2. The summed E-state index contributed by atoms with van der Waals surface area (Å²) in [7, 11) is 0. The smallest absolute Gasteiger partial charge is 0.253 e. The first-order valence-corrected chi connectivity index (χ1v) is 14.3. The van der Waals surface area contributed by atoms with Crippen molar-refractivity contribution in [2.45, 2.75) is 70.9 Å². The lowest BCUT2D eigenvalue weighted by molar-refractivity contribution is -0.119. The summed E-state index contributed by atoms with van der Waals surface area (Å²) in [6.07, 6.45) is 5.24. The van der Waals surface area contributed by atoms with E-state index < -0.39 is 0 Å². The number of aryl methyl sites for hydroxylation is 1. The van der Waals surface area contributed by atoms with Gasteiger partial charge in [0.25, 0.3) is 5.91 Å². The zero-order valence-electron chi connectivity index (χ0n) is 23.0. The number of hydrogen-bond acceptors (Lipinski definition) is 5. The van der Waals surface area contributed by atoms with Gasteiger partial charge in [0.1, 0.15) is 5.75 Å². The summed E-state index contributed by atoms with van der Waals surface area (Å²) in [6, 6.07) is 15.7. The molecule has 38 heavy (non-hydrogen) atoms. The van der Waals surface area contributed by atoms with Gasteiger partial charge in [-0.25, -0.2) is 0 Å². The second-order valence-electron chi connectivity index (χ2n) is 10.4. The van der Waals surface area contributed by atoms with Crippen molar-refractivity contribution in [2.75, 3.05) is 44.2 Å². The number of rotatable bonds is 12. The lowest BCUT2D eigenvalue weighted by Gasteiger charge is -2.41. The number of ether oxygens (including phenoxy) is 1. The second kappa shape index (κ2) is 13.8. The van der Waals surface area contributed by atoms with Crippen LogP contribution in [0.4, 0.5) is 5.69 Å². The number of benzene rings is 2. The maximum atomic E-state index is 13.1. The first-order valence-electron chi connectivity index (χ1n) is 14.3. The number of carbonyl (C=O) groups excluding carboxylic acids is 2. The standard InChI is InChI=1S/C31H43N3O4/c1-3-32(4-2)23-27(35)10-7-8-22-38-28-15-12-25(13-16-28)31(37)33-20-18-26(19-21-33)34-29-11-6-5-9-24(29)14-17-30(34)36/h5-6,9,11-13,15-16,26-27,35H,3-4,7-8,10,14,17-23H2,1-2H3. The van der Waals surface area contributed by atoms with Gasteiger partial charge in [-0.15, -0.1) is 0 Å². The Balaban J connectivity index is 1.20. The molecule has 2 aromatic rings. The molecule has 2 aliphatic rings. The summed E-state index contributed by atoms with van der Waals surface area (Å²) in [4.78, 5) is 32.0. The molecular weight excluding hydrogens is 478 g/mol. The molecule has 1 N–H and O–H groups in total. The predicted octanol–water partition coefficient (Wildman–Crippen LogP) is 4.52. The van der Waals surface area contributed by atoms with Crippen LogP contribution < -0.4 is 9.64 Å². The predicted molar refractivity (Wildman–Crippen MR) is 151 cm³/mol. The zero-order valence-corrected chi connectivity index (χ0v) is 23.0. The number of amides is 2. The largest absolute Gasteiger partial charge is 0.494 e. The number of para-hydroxylation sites is 1. The number of anilines is 1. The Hall–Kier alpha value is -2.90. The SMILES string of the molecule is CCN(CC)CC(O)CCCCOc1ccc(C(=O)N2CCC(N3C(=O)CCc4ccccc43)CC2)cc1. The van der Waals surface area contributed by atoms with Crippen molar-refractivity contribution in [1.82, 2.24) is 9.80 Å². The second-order valence-corrected chi connectivity index (χ2v) is 10.4. The van der Waals surface area contributed by atoms with Crippen molar-refractivity contribution >= 4 is 17.5 Å². The summed E-state index contributed by atoms with van der Waals surface area (Å²) >= 11 is 0. The third kappa shape index (κ3) is 7.14. The molecule has 0 bridgehead atoms. The molecule has 1 unspecified atom stereocenters. The molecule has 0 aromatic heterocycles. The van der Waals surface area contributed by atoms with E-state index in [1.807, 2.05) is 52.3 Å². The number of likely N-dealkylation sites (N-methyl/N-ethyl adjacent to an activating group) is 1. The quantitative estimate of drug-likeness (QED) is 0.416. The first kappa shape index (κ1) is 28.1. The summed E-state index contributed by atoms with van der Waals surface area (Å²) in [5.41, 5.74) is 2.94. The van der Waals surface area contributed by atoms with Gasteiger partial charge in [-0.3, -0.25) is 9.59 Å². The minimum atomic E-state index is -0.290. The highest BCUT2D eigenvalue weighted by Crippen LogP contribution is 2.32. The monoisotopic (exact) mass is 521 g/mol. The Labute approximate surface area is 227 Å². The molecule has 1 fully saturated rings. The van der Waals surface area contributed by atoms with Crippen LogP contribution in [0, 0.1) is 0 Å². The number of aliphatic hydroxyl groups is 1. The molecule has 2 amide bonds. The first-order chi connectivity index (χ1) is 18.5. The van der Waals surface area contributed by atoms with Crippen LogP contribution in [0.1, 0.15) is 68.3 Å². The fourth-order valence-electron chi connectivity index (χ4n) is 5.60. The van der Waals surface area contributed by atoms with Crippen molar-refractivity contribution in [1.29, 1.82) is 0 Å². The van der Waals surface area contributed by atoms with Gasteiger partial charge in [-0.05, 0) is 87.5 Å². The Morgan fingerprint density at radius 1 is 1.03 bits per heavy atom. The van der Waals surface area contributed by atoms with E-state index in [9.17, 15) is 14.7 Å². The maximum absolute atomic E-state index is 13.1. The highest BCUT2D eigenvalue weighted by Gasteiger charge is 2.33. The molecule has 4 rings (SSSR count). The minimum absolute atomic E-state index is 0.0301. The molecule has 7 heteroatoms. The fraction of sp³-hybridized carbons (Fsp3) is 0.548. The number of unbranched alkanes of at least 4 members (excludes halogenated alkanes) is 1. The zero-order chi connectivity index (χ0) is 26.9. The lowest BCUT2D eigenvalue weighted by atomic mass is 9.95. The number of fused-ring (bicyclic) bond motifs is 1. The summed E-state index contributed by atoms with van der Waals surface area (Å²) in [5, 5.41) is 10.2. The molecule has 7 nitrogen and oxygen atoms in total. The number of aliphatic hydroxyl groups excluding tert-OH is 1. The molecule has 0 radical (unpaired) electrons. The van der Waals surface area contributed by atoms with Crippen LogP contribution in [0.25, 0.3) is 0 Å². The summed E-state index contributed by atoms with van der Waals surface area (Å²) in [5.74, 6) is 0.980. The van der Waals surface area contributed by atoms with Crippen molar-refractivity contribution in [3.63, 3.8) is 0 Å². The number of likely N-dealkylation sites (tertiary alicyclic amines) is 1. The molecule has 1 saturated heterocycles. The number of hydrogen-bond donors (Lipinski definition) is 1. The Bertz CT molecular complexity index is 1050. The van der Waals surface area contributed by atoms with E-state index in [-0.39, 0.29) is 24.0 Å². The number of carbonyl (C=O) groups is 2.